The Morgan fingerprint density at radius 2 is 1.65 bits per heavy atom. The van der Waals surface area contributed by atoms with Crippen molar-refractivity contribution in [1.29, 1.82) is 0 Å². The van der Waals surface area contributed by atoms with Crippen LogP contribution in [0.5, 0.6) is 0 Å². The van der Waals surface area contributed by atoms with Crippen LogP contribution in [0.2, 0.25) is 5.02 Å². The highest BCUT2D eigenvalue weighted by Crippen LogP contribution is 2.30. The van der Waals surface area contributed by atoms with Crippen LogP contribution >= 0.6 is 11.6 Å². The van der Waals surface area contributed by atoms with Gasteiger partial charge in [0.15, 0.2) is 5.52 Å². The molecule has 0 saturated heterocycles. The van der Waals surface area contributed by atoms with Gasteiger partial charge in [0.1, 0.15) is 5.52 Å². The van der Waals surface area contributed by atoms with Crippen LogP contribution in [0.4, 0.5) is 0 Å². The molecular formula is C16H15ClN2O. The number of hydrogen-bond acceptors (Lipinski definition) is 3. The Morgan fingerprint density at radius 3 is 2.30 bits per heavy atom. The van der Waals surface area contributed by atoms with Crippen molar-refractivity contribution in [1.82, 2.24) is 10.3 Å². The van der Waals surface area contributed by atoms with Gasteiger partial charge in [0.25, 0.3) is 0 Å². The Kier molecular flexibility index (Phi) is 3.02. The maximum absolute atomic E-state index is 6.19. The lowest BCUT2D eigenvalue weighted by molar-refractivity contribution is 0.315. The third kappa shape index (κ3) is 2.29. The number of aromatic nitrogens is 2. The molecule has 1 heterocycles. The van der Waals surface area contributed by atoms with E-state index in [0.29, 0.717) is 16.1 Å². The topological polar surface area (TPSA) is 38.9 Å². The van der Waals surface area contributed by atoms with Gasteiger partial charge in [0.05, 0.1) is 5.02 Å². The zero-order chi connectivity index (χ0) is 14.3. The van der Waals surface area contributed by atoms with E-state index in [1.165, 1.54) is 5.56 Å². The predicted octanol–water partition coefficient (Wildman–Crippen LogP) is 4.84. The summed E-state index contributed by atoms with van der Waals surface area (Å²) in [7, 11) is 0. The molecule has 0 aliphatic heterocycles. The molecular weight excluding hydrogens is 272 g/mol. The summed E-state index contributed by atoms with van der Waals surface area (Å²) in [5.41, 5.74) is 4.84. The predicted molar refractivity (Wildman–Crippen MR) is 81.0 cm³/mol. The molecule has 0 radical (unpaired) electrons. The maximum Gasteiger partial charge on any atom is 0.153 e. The standard InChI is InChI=1S/C16H15ClN2O/c1-16(2,3)12-6-4-10(5-7-12)11-8-13(17)15-14(9-11)18-20-19-15/h4-9H,1-3H3. The molecule has 3 aromatic rings. The van der Waals surface area contributed by atoms with Gasteiger partial charge in [-0.1, -0.05) is 56.6 Å². The van der Waals surface area contributed by atoms with Crippen LogP contribution in [-0.4, -0.2) is 10.3 Å². The lowest BCUT2D eigenvalue weighted by atomic mass is 9.86. The van der Waals surface area contributed by atoms with Crippen LogP contribution < -0.4 is 0 Å². The molecule has 0 aliphatic carbocycles. The lowest BCUT2D eigenvalue weighted by Crippen LogP contribution is -2.10. The average molecular weight is 287 g/mol. The maximum atomic E-state index is 6.19. The highest BCUT2D eigenvalue weighted by Gasteiger charge is 2.14. The average Bonchev–Trinajstić information content (AvgIpc) is 2.86. The third-order valence-corrected chi connectivity index (χ3v) is 3.69. The molecule has 0 N–H and O–H groups in total. The summed E-state index contributed by atoms with van der Waals surface area (Å²) in [4.78, 5) is 0. The van der Waals surface area contributed by atoms with E-state index in [1.807, 2.05) is 12.1 Å². The number of halogens is 1. The molecule has 0 bridgehead atoms. The van der Waals surface area contributed by atoms with Crippen molar-refractivity contribution in [2.75, 3.05) is 0 Å². The largest absolute Gasteiger partial charge is 0.243 e. The highest BCUT2D eigenvalue weighted by molar-refractivity contribution is 6.35. The number of nitrogens with zero attached hydrogens (tertiary/aromatic N) is 2. The molecule has 0 aliphatic rings. The van der Waals surface area contributed by atoms with Gasteiger partial charge >= 0.3 is 0 Å². The fourth-order valence-corrected chi connectivity index (χ4v) is 2.43. The summed E-state index contributed by atoms with van der Waals surface area (Å²) >= 11 is 6.19. The van der Waals surface area contributed by atoms with Crippen LogP contribution in [0, 0.1) is 0 Å². The van der Waals surface area contributed by atoms with E-state index in [0.717, 1.165) is 11.1 Å². The van der Waals surface area contributed by atoms with Gasteiger partial charge in [0, 0.05) is 0 Å². The molecule has 0 atom stereocenters. The Bertz CT molecular complexity index is 754. The van der Waals surface area contributed by atoms with Crippen molar-refractivity contribution in [3.05, 3.63) is 47.0 Å². The Labute approximate surface area is 122 Å². The minimum atomic E-state index is 0.149. The first-order valence-electron chi connectivity index (χ1n) is 6.48. The summed E-state index contributed by atoms with van der Waals surface area (Å²) in [6, 6.07) is 12.3. The van der Waals surface area contributed by atoms with Crippen LogP contribution in [0.1, 0.15) is 26.3 Å². The van der Waals surface area contributed by atoms with Gasteiger partial charge in [-0.15, -0.1) is 0 Å². The van der Waals surface area contributed by atoms with E-state index in [1.54, 1.807) is 0 Å². The van der Waals surface area contributed by atoms with Crippen LogP contribution in [0.3, 0.4) is 0 Å². The number of rotatable bonds is 1. The van der Waals surface area contributed by atoms with E-state index >= 15 is 0 Å². The van der Waals surface area contributed by atoms with Crippen molar-refractivity contribution >= 4 is 22.6 Å². The molecule has 3 rings (SSSR count). The fraction of sp³-hybridized carbons (Fsp3) is 0.250. The molecule has 3 nitrogen and oxygen atoms in total. The van der Waals surface area contributed by atoms with Crippen LogP contribution in [0.15, 0.2) is 41.0 Å². The van der Waals surface area contributed by atoms with Gasteiger partial charge in [-0.2, -0.15) is 0 Å². The number of hydrogen-bond donors (Lipinski definition) is 0. The lowest BCUT2D eigenvalue weighted by Gasteiger charge is -2.19. The molecule has 0 unspecified atom stereocenters. The summed E-state index contributed by atoms with van der Waals surface area (Å²) in [6.45, 7) is 6.60. The van der Waals surface area contributed by atoms with E-state index in [9.17, 15) is 0 Å². The zero-order valence-electron chi connectivity index (χ0n) is 11.6. The Hall–Kier alpha value is -1.87. The van der Waals surface area contributed by atoms with E-state index in [2.05, 4.69) is 55.4 Å². The fourth-order valence-electron chi connectivity index (χ4n) is 2.18. The number of fused-ring (bicyclic) bond motifs is 1. The van der Waals surface area contributed by atoms with Gasteiger partial charge < -0.3 is 0 Å². The van der Waals surface area contributed by atoms with Gasteiger partial charge in [-0.05, 0) is 44.6 Å². The first-order valence-corrected chi connectivity index (χ1v) is 6.86. The quantitative estimate of drug-likeness (QED) is 0.642. The third-order valence-electron chi connectivity index (χ3n) is 3.40. The summed E-state index contributed by atoms with van der Waals surface area (Å²) in [5, 5.41) is 8.19. The highest BCUT2D eigenvalue weighted by atomic mass is 35.5. The Balaban J connectivity index is 2.06. The molecule has 0 saturated carbocycles. The van der Waals surface area contributed by atoms with Crippen molar-refractivity contribution in [2.45, 2.75) is 26.2 Å². The van der Waals surface area contributed by atoms with Crippen LogP contribution in [0.25, 0.3) is 22.2 Å². The summed E-state index contributed by atoms with van der Waals surface area (Å²) < 4.78 is 4.72. The second kappa shape index (κ2) is 4.60. The molecule has 0 amide bonds. The first kappa shape index (κ1) is 13.1. The molecule has 0 spiro atoms. The Morgan fingerprint density at radius 1 is 0.950 bits per heavy atom. The SMILES string of the molecule is CC(C)(C)c1ccc(-c2cc(Cl)c3nonc3c2)cc1. The summed E-state index contributed by atoms with van der Waals surface area (Å²) in [5.74, 6) is 0. The van der Waals surface area contributed by atoms with E-state index in [-0.39, 0.29) is 5.41 Å². The van der Waals surface area contributed by atoms with E-state index in [4.69, 9.17) is 16.2 Å². The molecule has 0 fully saturated rings. The first-order chi connectivity index (χ1) is 9.45. The number of benzene rings is 2. The van der Waals surface area contributed by atoms with Crippen molar-refractivity contribution < 1.29 is 4.63 Å². The molecule has 2 aromatic carbocycles. The molecule has 4 heteroatoms. The molecule has 102 valence electrons. The van der Waals surface area contributed by atoms with Crippen molar-refractivity contribution in [3.8, 4) is 11.1 Å². The normalized spacial score (nSPS) is 12.0. The second-order valence-electron chi connectivity index (χ2n) is 5.92. The van der Waals surface area contributed by atoms with Gasteiger partial charge in [-0.25, -0.2) is 4.63 Å². The monoisotopic (exact) mass is 286 g/mol. The van der Waals surface area contributed by atoms with Gasteiger partial charge in [0.2, 0.25) is 0 Å². The zero-order valence-corrected chi connectivity index (χ0v) is 12.4. The smallest absolute Gasteiger partial charge is 0.153 e. The minimum absolute atomic E-state index is 0.149. The molecule has 20 heavy (non-hydrogen) atoms. The molecule has 1 aromatic heterocycles. The summed E-state index contributed by atoms with van der Waals surface area (Å²) in [6.07, 6.45) is 0. The van der Waals surface area contributed by atoms with Gasteiger partial charge in [-0.3, -0.25) is 0 Å². The van der Waals surface area contributed by atoms with Crippen LogP contribution in [-0.2, 0) is 5.41 Å². The van der Waals surface area contributed by atoms with Crippen molar-refractivity contribution in [3.63, 3.8) is 0 Å². The van der Waals surface area contributed by atoms with E-state index < -0.39 is 0 Å². The minimum Gasteiger partial charge on any atom is -0.243 e. The van der Waals surface area contributed by atoms with Crippen molar-refractivity contribution in [2.24, 2.45) is 0 Å². The second-order valence-corrected chi connectivity index (χ2v) is 6.32.